The Labute approximate surface area is 148 Å². The van der Waals surface area contributed by atoms with Crippen LogP contribution in [0.5, 0.6) is 11.5 Å². The molecule has 0 bridgehead atoms. The summed E-state index contributed by atoms with van der Waals surface area (Å²) < 4.78 is 12.7. The highest BCUT2D eigenvalue weighted by molar-refractivity contribution is 9.11. The predicted octanol–water partition coefficient (Wildman–Crippen LogP) is 5.22. The molecule has 0 N–H and O–H groups in total. The first-order chi connectivity index (χ1) is 9.97. The first kappa shape index (κ1) is 16.5. The Morgan fingerprint density at radius 1 is 0.952 bits per heavy atom. The SMILES string of the molecule is COc1cc(Br)c(C(=O)c2ccc(Br)cc2Br)c(OC)c1. The van der Waals surface area contributed by atoms with Gasteiger partial charge in [0.1, 0.15) is 11.5 Å². The Hall–Kier alpha value is -0.850. The number of carbonyl (C=O) groups excluding carboxylic acids is 1. The number of rotatable bonds is 4. The molecule has 0 saturated carbocycles. The van der Waals surface area contributed by atoms with E-state index in [4.69, 9.17) is 9.47 Å². The van der Waals surface area contributed by atoms with Crippen molar-refractivity contribution >= 4 is 53.6 Å². The molecule has 0 fully saturated rings. The van der Waals surface area contributed by atoms with Crippen molar-refractivity contribution in [1.82, 2.24) is 0 Å². The third kappa shape index (κ3) is 3.49. The van der Waals surface area contributed by atoms with Crippen molar-refractivity contribution in [1.29, 1.82) is 0 Å². The molecule has 3 nitrogen and oxygen atoms in total. The van der Waals surface area contributed by atoms with Crippen LogP contribution < -0.4 is 9.47 Å². The number of benzene rings is 2. The second-order valence-electron chi connectivity index (χ2n) is 4.14. The minimum absolute atomic E-state index is 0.138. The molecule has 0 heterocycles. The molecule has 2 aromatic carbocycles. The van der Waals surface area contributed by atoms with Gasteiger partial charge in [0.25, 0.3) is 0 Å². The average molecular weight is 479 g/mol. The van der Waals surface area contributed by atoms with Gasteiger partial charge < -0.3 is 9.47 Å². The summed E-state index contributed by atoms with van der Waals surface area (Å²) >= 11 is 10.2. The van der Waals surface area contributed by atoms with Crippen molar-refractivity contribution < 1.29 is 14.3 Å². The van der Waals surface area contributed by atoms with Crippen LogP contribution in [0.25, 0.3) is 0 Å². The quantitative estimate of drug-likeness (QED) is 0.565. The van der Waals surface area contributed by atoms with Gasteiger partial charge in [0.2, 0.25) is 0 Å². The minimum Gasteiger partial charge on any atom is -0.497 e. The van der Waals surface area contributed by atoms with E-state index in [-0.39, 0.29) is 5.78 Å². The molecule has 2 rings (SSSR count). The lowest BCUT2D eigenvalue weighted by Gasteiger charge is -2.13. The fraction of sp³-hybridized carbons (Fsp3) is 0.133. The molecular weight excluding hydrogens is 468 g/mol. The Morgan fingerprint density at radius 3 is 2.24 bits per heavy atom. The van der Waals surface area contributed by atoms with Gasteiger partial charge in [-0.15, -0.1) is 0 Å². The van der Waals surface area contributed by atoms with Crippen LogP contribution in [0.15, 0.2) is 43.7 Å². The van der Waals surface area contributed by atoms with Crippen LogP contribution in [0, 0.1) is 0 Å². The van der Waals surface area contributed by atoms with Crippen molar-refractivity contribution in [2.24, 2.45) is 0 Å². The molecule has 0 aliphatic rings. The maximum absolute atomic E-state index is 12.8. The number of methoxy groups -OCH3 is 2. The van der Waals surface area contributed by atoms with Gasteiger partial charge in [0.05, 0.1) is 19.8 Å². The summed E-state index contributed by atoms with van der Waals surface area (Å²) in [6, 6.07) is 8.83. The molecule has 0 aliphatic heterocycles. The molecular formula is C15H11Br3O3. The molecule has 0 aromatic heterocycles. The van der Waals surface area contributed by atoms with Gasteiger partial charge in [-0.2, -0.15) is 0 Å². The van der Waals surface area contributed by atoms with E-state index in [0.29, 0.717) is 31.6 Å². The van der Waals surface area contributed by atoms with Crippen LogP contribution in [0.3, 0.4) is 0 Å². The first-order valence-electron chi connectivity index (χ1n) is 5.89. The highest BCUT2D eigenvalue weighted by Gasteiger charge is 2.21. The van der Waals surface area contributed by atoms with Gasteiger partial charge in [0.15, 0.2) is 5.78 Å². The molecule has 0 amide bonds. The fourth-order valence-corrected chi connectivity index (χ4v) is 3.69. The number of ether oxygens (including phenoxy) is 2. The van der Waals surface area contributed by atoms with Gasteiger partial charge in [0, 0.05) is 25.0 Å². The number of hydrogen-bond donors (Lipinski definition) is 0. The number of ketones is 1. The van der Waals surface area contributed by atoms with E-state index in [2.05, 4.69) is 47.8 Å². The molecule has 0 unspecified atom stereocenters. The lowest BCUT2D eigenvalue weighted by Crippen LogP contribution is -2.06. The van der Waals surface area contributed by atoms with Crippen molar-refractivity contribution in [3.63, 3.8) is 0 Å². The molecule has 21 heavy (non-hydrogen) atoms. The fourth-order valence-electron chi connectivity index (χ4n) is 1.87. The summed E-state index contributed by atoms with van der Waals surface area (Å²) in [5, 5.41) is 0. The minimum atomic E-state index is -0.138. The summed E-state index contributed by atoms with van der Waals surface area (Å²) in [7, 11) is 3.09. The summed E-state index contributed by atoms with van der Waals surface area (Å²) in [4.78, 5) is 12.8. The van der Waals surface area contributed by atoms with Crippen LogP contribution in [0.2, 0.25) is 0 Å². The Bertz CT molecular complexity index is 699. The topological polar surface area (TPSA) is 35.5 Å². The monoisotopic (exact) mass is 476 g/mol. The van der Waals surface area contributed by atoms with Crippen LogP contribution in [0.1, 0.15) is 15.9 Å². The van der Waals surface area contributed by atoms with E-state index < -0.39 is 0 Å². The molecule has 6 heteroatoms. The highest BCUT2D eigenvalue weighted by Crippen LogP contribution is 2.35. The van der Waals surface area contributed by atoms with Gasteiger partial charge in [-0.3, -0.25) is 4.79 Å². The van der Waals surface area contributed by atoms with Gasteiger partial charge >= 0.3 is 0 Å². The molecule has 0 radical (unpaired) electrons. The summed E-state index contributed by atoms with van der Waals surface area (Å²) in [5.41, 5.74) is 1.02. The lowest BCUT2D eigenvalue weighted by atomic mass is 10.0. The van der Waals surface area contributed by atoms with Crippen LogP contribution >= 0.6 is 47.8 Å². The van der Waals surface area contributed by atoms with Crippen molar-refractivity contribution in [3.8, 4) is 11.5 Å². The summed E-state index contributed by atoms with van der Waals surface area (Å²) in [5.74, 6) is 0.937. The first-order valence-corrected chi connectivity index (χ1v) is 8.27. The number of halogens is 3. The Balaban J connectivity index is 2.57. The second-order valence-corrected chi connectivity index (χ2v) is 6.76. The van der Waals surface area contributed by atoms with E-state index in [9.17, 15) is 4.79 Å². The smallest absolute Gasteiger partial charge is 0.199 e. The van der Waals surface area contributed by atoms with Gasteiger partial charge in [-0.25, -0.2) is 0 Å². The average Bonchev–Trinajstić information content (AvgIpc) is 2.45. The van der Waals surface area contributed by atoms with Gasteiger partial charge in [-0.05, 0) is 56.1 Å². The lowest BCUT2D eigenvalue weighted by molar-refractivity contribution is 0.103. The Morgan fingerprint density at radius 2 is 1.67 bits per heavy atom. The maximum Gasteiger partial charge on any atom is 0.199 e. The third-order valence-electron chi connectivity index (χ3n) is 2.89. The van der Waals surface area contributed by atoms with Crippen molar-refractivity contribution in [2.45, 2.75) is 0 Å². The van der Waals surface area contributed by atoms with E-state index >= 15 is 0 Å². The third-order valence-corrected chi connectivity index (χ3v) is 4.66. The van der Waals surface area contributed by atoms with E-state index in [1.165, 1.54) is 7.11 Å². The van der Waals surface area contributed by atoms with E-state index in [1.54, 1.807) is 25.3 Å². The van der Waals surface area contributed by atoms with Crippen molar-refractivity contribution in [2.75, 3.05) is 14.2 Å². The zero-order valence-electron chi connectivity index (χ0n) is 11.2. The molecule has 0 aliphatic carbocycles. The number of hydrogen-bond acceptors (Lipinski definition) is 3. The van der Waals surface area contributed by atoms with Crippen LogP contribution in [0.4, 0.5) is 0 Å². The van der Waals surface area contributed by atoms with Gasteiger partial charge in [-0.1, -0.05) is 15.9 Å². The van der Waals surface area contributed by atoms with Crippen LogP contribution in [-0.4, -0.2) is 20.0 Å². The Kier molecular flexibility index (Phi) is 5.46. The number of carbonyl (C=O) groups is 1. The van der Waals surface area contributed by atoms with Crippen molar-refractivity contribution in [3.05, 3.63) is 54.9 Å². The molecule has 2 aromatic rings. The largest absolute Gasteiger partial charge is 0.497 e. The van der Waals surface area contributed by atoms with E-state index in [1.807, 2.05) is 12.1 Å². The highest BCUT2D eigenvalue weighted by atomic mass is 79.9. The predicted molar refractivity (Wildman–Crippen MR) is 92.5 cm³/mol. The summed E-state index contributed by atoms with van der Waals surface area (Å²) in [6.07, 6.45) is 0. The molecule has 0 saturated heterocycles. The van der Waals surface area contributed by atoms with E-state index in [0.717, 1.165) is 4.47 Å². The van der Waals surface area contributed by atoms with Crippen LogP contribution in [-0.2, 0) is 0 Å². The normalized spacial score (nSPS) is 10.3. The second kappa shape index (κ2) is 6.94. The summed E-state index contributed by atoms with van der Waals surface area (Å²) in [6.45, 7) is 0. The molecule has 110 valence electrons. The maximum atomic E-state index is 12.8. The zero-order chi connectivity index (χ0) is 15.6. The zero-order valence-corrected chi connectivity index (χ0v) is 16.0. The standard InChI is InChI=1S/C15H11Br3O3/c1-20-9-6-12(18)14(13(7-9)21-2)15(19)10-4-3-8(16)5-11(10)17/h3-7H,1-2H3. The molecule has 0 spiro atoms. The molecule has 0 atom stereocenters.